The van der Waals surface area contributed by atoms with Gasteiger partial charge in [-0.1, -0.05) is 0 Å². The molecule has 2 aromatic carbocycles. The molecule has 3 rings (SSSR count). The SMILES string of the molecule is COc1ccc(C(=O)Oc2ccc(/C=N\N3CC[NH+](C)CC3)cc2OC)cc1. The average Bonchev–Trinajstić information content (AvgIpc) is 2.74. The van der Waals surface area contributed by atoms with Crippen LogP contribution < -0.4 is 19.1 Å². The molecular formula is C21H26N3O4+. The van der Waals surface area contributed by atoms with E-state index in [0.717, 1.165) is 31.7 Å². The number of nitrogens with zero attached hydrogens (tertiary/aromatic N) is 2. The Labute approximate surface area is 165 Å². The van der Waals surface area contributed by atoms with Crippen LogP contribution in [0.3, 0.4) is 0 Å². The lowest BCUT2D eigenvalue weighted by Crippen LogP contribution is -3.11. The van der Waals surface area contributed by atoms with Crippen LogP contribution in [0.1, 0.15) is 15.9 Å². The van der Waals surface area contributed by atoms with Crippen LogP contribution in [0.15, 0.2) is 47.6 Å². The number of methoxy groups -OCH3 is 2. The van der Waals surface area contributed by atoms with Crippen molar-refractivity contribution in [1.29, 1.82) is 0 Å². The van der Waals surface area contributed by atoms with E-state index in [0.29, 0.717) is 22.8 Å². The third-order valence-corrected chi connectivity index (χ3v) is 4.68. The van der Waals surface area contributed by atoms with Gasteiger partial charge in [-0.3, -0.25) is 5.01 Å². The number of nitrogens with one attached hydrogen (secondary N) is 1. The predicted octanol–water partition coefficient (Wildman–Crippen LogP) is 1.09. The highest BCUT2D eigenvalue weighted by atomic mass is 16.6. The van der Waals surface area contributed by atoms with Gasteiger partial charge in [0, 0.05) is 0 Å². The summed E-state index contributed by atoms with van der Waals surface area (Å²) in [6.07, 6.45) is 1.80. The van der Waals surface area contributed by atoms with Crippen LogP contribution in [0.2, 0.25) is 0 Å². The molecule has 1 aliphatic rings. The Morgan fingerprint density at radius 3 is 2.39 bits per heavy atom. The molecule has 0 radical (unpaired) electrons. The molecule has 0 bridgehead atoms. The number of hydrazone groups is 1. The molecule has 0 aliphatic carbocycles. The van der Waals surface area contributed by atoms with Crippen molar-refractivity contribution in [2.24, 2.45) is 5.10 Å². The number of quaternary nitrogens is 1. The second kappa shape index (κ2) is 9.23. The Morgan fingerprint density at radius 2 is 1.75 bits per heavy atom. The van der Waals surface area contributed by atoms with Crippen LogP contribution in [-0.2, 0) is 0 Å². The zero-order valence-corrected chi connectivity index (χ0v) is 16.5. The van der Waals surface area contributed by atoms with Crippen molar-refractivity contribution in [1.82, 2.24) is 5.01 Å². The maximum absolute atomic E-state index is 12.4. The summed E-state index contributed by atoms with van der Waals surface area (Å²) in [6.45, 7) is 4.05. The van der Waals surface area contributed by atoms with E-state index < -0.39 is 5.97 Å². The maximum Gasteiger partial charge on any atom is 0.343 e. The Kier molecular flexibility index (Phi) is 6.49. The summed E-state index contributed by atoms with van der Waals surface area (Å²) in [5.74, 6) is 1.07. The summed E-state index contributed by atoms with van der Waals surface area (Å²) in [6, 6.07) is 12.1. The number of benzene rings is 2. The van der Waals surface area contributed by atoms with Crippen molar-refractivity contribution in [2.75, 3.05) is 47.4 Å². The van der Waals surface area contributed by atoms with Gasteiger partial charge in [-0.15, -0.1) is 0 Å². The summed E-state index contributed by atoms with van der Waals surface area (Å²) in [4.78, 5) is 13.9. The van der Waals surface area contributed by atoms with E-state index in [-0.39, 0.29) is 0 Å². The van der Waals surface area contributed by atoms with Crippen molar-refractivity contribution in [3.63, 3.8) is 0 Å². The summed E-state index contributed by atoms with van der Waals surface area (Å²) in [5.41, 5.74) is 1.32. The Bertz CT molecular complexity index is 828. The fourth-order valence-electron chi connectivity index (χ4n) is 2.88. The predicted molar refractivity (Wildman–Crippen MR) is 107 cm³/mol. The maximum atomic E-state index is 12.4. The summed E-state index contributed by atoms with van der Waals surface area (Å²) < 4.78 is 16.0. The standard InChI is InChI=1S/C21H25N3O4/c1-23-10-12-24(13-11-23)22-15-16-4-9-19(20(14-16)27-3)28-21(25)17-5-7-18(26-2)8-6-17/h4-9,14-15H,10-13H2,1-3H3/p+1/b22-15-. The number of hydrogen-bond donors (Lipinski definition) is 1. The zero-order valence-electron chi connectivity index (χ0n) is 16.5. The first-order valence-electron chi connectivity index (χ1n) is 9.23. The lowest BCUT2D eigenvalue weighted by Gasteiger charge is -2.27. The second-order valence-electron chi connectivity index (χ2n) is 6.68. The summed E-state index contributed by atoms with van der Waals surface area (Å²) in [5, 5.41) is 6.60. The van der Waals surface area contributed by atoms with Crippen molar-refractivity contribution in [3.8, 4) is 17.2 Å². The van der Waals surface area contributed by atoms with Gasteiger partial charge in [0.25, 0.3) is 0 Å². The van der Waals surface area contributed by atoms with Gasteiger partial charge in [-0.05, 0) is 48.0 Å². The number of carbonyl (C=O) groups is 1. The normalized spacial score (nSPS) is 14.9. The Morgan fingerprint density at radius 1 is 1.04 bits per heavy atom. The summed E-state index contributed by atoms with van der Waals surface area (Å²) >= 11 is 0. The largest absolute Gasteiger partial charge is 0.497 e. The molecule has 28 heavy (non-hydrogen) atoms. The van der Waals surface area contributed by atoms with Gasteiger partial charge >= 0.3 is 5.97 Å². The van der Waals surface area contributed by atoms with Gasteiger partial charge in [0.05, 0.1) is 59.2 Å². The fourth-order valence-corrected chi connectivity index (χ4v) is 2.88. The lowest BCUT2D eigenvalue weighted by molar-refractivity contribution is -0.884. The Balaban J connectivity index is 1.67. The first kappa shape index (κ1) is 19.7. The number of carbonyl (C=O) groups excluding carboxylic acids is 1. The van der Waals surface area contributed by atoms with E-state index >= 15 is 0 Å². The fraction of sp³-hybridized carbons (Fsp3) is 0.333. The van der Waals surface area contributed by atoms with Crippen LogP contribution in [0, 0.1) is 0 Å². The number of hydrogen-bond acceptors (Lipinski definition) is 6. The number of piperazine rings is 1. The van der Waals surface area contributed by atoms with E-state index in [1.165, 1.54) is 4.90 Å². The second-order valence-corrected chi connectivity index (χ2v) is 6.68. The van der Waals surface area contributed by atoms with Gasteiger partial charge in [0.15, 0.2) is 11.5 Å². The van der Waals surface area contributed by atoms with E-state index in [2.05, 4.69) is 17.2 Å². The van der Waals surface area contributed by atoms with Gasteiger partial charge in [-0.25, -0.2) is 4.79 Å². The minimum absolute atomic E-state index is 0.365. The molecule has 0 unspecified atom stereocenters. The van der Waals surface area contributed by atoms with Gasteiger partial charge in [-0.2, -0.15) is 5.10 Å². The smallest absolute Gasteiger partial charge is 0.343 e. The van der Waals surface area contributed by atoms with E-state index in [1.807, 2.05) is 12.1 Å². The molecule has 1 N–H and O–H groups in total. The quantitative estimate of drug-likeness (QED) is 0.459. The highest BCUT2D eigenvalue weighted by molar-refractivity contribution is 5.91. The highest BCUT2D eigenvalue weighted by Crippen LogP contribution is 2.28. The van der Waals surface area contributed by atoms with Crippen molar-refractivity contribution < 1.29 is 23.9 Å². The van der Waals surface area contributed by atoms with Crippen molar-refractivity contribution in [3.05, 3.63) is 53.6 Å². The van der Waals surface area contributed by atoms with E-state index in [1.54, 1.807) is 50.8 Å². The molecule has 7 nitrogen and oxygen atoms in total. The minimum atomic E-state index is -0.456. The third-order valence-electron chi connectivity index (χ3n) is 4.68. The average molecular weight is 384 g/mol. The zero-order chi connectivity index (χ0) is 19.9. The van der Waals surface area contributed by atoms with Gasteiger partial charge in [0.1, 0.15) is 5.75 Å². The molecule has 0 amide bonds. The molecule has 148 valence electrons. The van der Waals surface area contributed by atoms with Crippen LogP contribution in [0.4, 0.5) is 0 Å². The lowest BCUT2D eigenvalue weighted by atomic mass is 10.2. The number of rotatable bonds is 6. The molecule has 1 heterocycles. The molecule has 7 heteroatoms. The van der Waals surface area contributed by atoms with Crippen molar-refractivity contribution >= 4 is 12.2 Å². The molecule has 2 aromatic rings. The van der Waals surface area contributed by atoms with Gasteiger partial charge in [0.2, 0.25) is 0 Å². The van der Waals surface area contributed by atoms with Crippen LogP contribution in [0.5, 0.6) is 17.2 Å². The van der Waals surface area contributed by atoms with Crippen molar-refractivity contribution in [2.45, 2.75) is 0 Å². The molecule has 0 spiro atoms. The molecule has 1 aliphatic heterocycles. The Hall–Kier alpha value is -3.06. The summed E-state index contributed by atoms with van der Waals surface area (Å²) in [7, 11) is 5.32. The number of esters is 1. The van der Waals surface area contributed by atoms with Crippen LogP contribution >= 0.6 is 0 Å². The molecular weight excluding hydrogens is 358 g/mol. The van der Waals surface area contributed by atoms with E-state index in [4.69, 9.17) is 14.2 Å². The van der Waals surface area contributed by atoms with Gasteiger partial charge < -0.3 is 19.1 Å². The monoisotopic (exact) mass is 384 g/mol. The molecule has 0 aromatic heterocycles. The first-order chi connectivity index (χ1) is 13.6. The van der Waals surface area contributed by atoms with Crippen LogP contribution in [0.25, 0.3) is 0 Å². The van der Waals surface area contributed by atoms with Crippen LogP contribution in [-0.4, -0.2) is 64.6 Å². The highest BCUT2D eigenvalue weighted by Gasteiger charge is 2.15. The third kappa shape index (κ3) is 5.01. The number of likely N-dealkylation sites (N-methyl/N-ethyl adjacent to an activating group) is 1. The molecule has 1 saturated heterocycles. The minimum Gasteiger partial charge on any atom is -0.497 e. The molecule has 1 fully saturated rings. The number of ether oxygens (including phenoxy) is 3. The van der Waals surface area contributed by atoms with E-state index in [9.17, 15) is 4.79 Å². The molecule has 0 saturated carbocycles. The topological polar surface area (TPSA) is 64.8 Å². The molecule has 0 atom stereocenters. The first-order valence-corrected chi connectivity index (χ1v) is 9.23.